The summed E-state index contributed by atoms with van der Waals surface area (Å²) in [5.74, 6) is 0.125. The van der Waals surface area contributed by atoms with Gasteiger partial charge in [0.1, 0.15) is 11.3 Å². The van der Waals surface area contributed by atoms with E-state index in [0.717, 1.165) is 6.42 Å². The van der Waals surface area contributed by atoms with Crippen molar-refractivity contribution in [1.82, 2.24) is 15.3 Å². The molecule has 0 radical (unpaired) electrons. The molecule has 1 unspecified atom stereocenters. The van der Waals surface area contributed by atoms with Gasteiger partial charge >= 0.3 is 5.63 Å². The Bertz CT molecular complexity index is 929. The van der Waals surface area contributed by atoms with Gasteiger partial charge in [-0.1, -0.05) is 0 Å². The minimum absolute atomic E-state index is 0.00142. The smallest absolute Gasteiger partial charge is 0.349 e. The molecular formula is C18H21N3O7. The first kappa shape index (κ1) is 21.0. The van der Waals surface area contributed by atoms with Gasteiger partial charge in [0.15, 0.2) is 0 Å². The number of aryl methyl sites for hydroxylation is 1. The number of carbonyl (C=O) groups is 2. The van der Waals surface area contributed by atoms with Gasteiger partial charge in [-0.2, -0.15) is 0 Å². The summed E-state index contributed by atoms with van der Waals surface area (Å²) in [6, 6.07) is 3.10. The van der Waals surface area contributed by atoms with Crippen LogP contribution in [-0.4, -0.2) is 47.2 Å². The molecule has 3 N–H and O–H groups in total. The second kappa shape index (κ2) is 10.2. The SMILES string of the molecule is Cc1cc(C2CCOC2)oc(=O)c1C(=O)NCCc1cc(=O)[nH]cn1.O=CO. The zero-order chi connectivity index (χ0) is 20.5. The lowest BCUT2D eigenvalue weighted by atomic mass is 10.0. The zero-order valence-corrected chi connectivity index (χ0v) is 15.3. The number of aromatic amines is 1. The van der Waals surface area contributed by atoms with Crippen LogP contribution in [0.15, 0.2) is 32.5 Å². The summed E-state index contributed by atoms with van der Waals surface area (Å²) < 4.78 is 10.6. The molecule has 10 heteroatoms. The molecule has 1 aliphatic rings. The highest BCUT2D eigenvalue weighted by molar-refractivity contribution is 5.95. The highest BCUT2D eigenvalue weighted by Gasteiger charge is 2.23. The molecule has 2 aromatic heterocycles. The molecule has 1 amide bonds. The molecule has 1 saturated heterocycles. The third-order valence-electron chi connectivity index (χ3n) is 4.13. The van der Waals surface area contributed by atoms with Gasteiger partial charge < -0.3 is 24.6 Å². The van der Waals surface area contributed by atoms with Gasteiger partial charge in [-0.3, -0.25) is 14.4 Å². The van der Waals surface area contributed by atoms with E-state index in [2.05, 4.69) is 15.3 Å². The van der Waals surface area contributed by atoms with Gasteiger partial charge in [0.05, 0.1) is 12.9 Å². The van der Waals surface area contributed by atoms with E-state index in [-0.39, 0.29) is 30.1 Å². The molecular weight excluding hydrogens is 370 g/mol. The summed E-state index contributed by atoms with van der Waals surface area (Å²) >= 11 is 0. The molecule has 0 aliphatic carbocycles. The van der Waals surface area contributed by atoms with Crippen molar-refractivity contribution >= 4 is 12.4 Å². The molecule has 1 fully saturated rings. The summed E-state index contributed by atoms with van der Waals surface area (Å²) in [5, 5.41) is 9.55. The Morgan fingerprint density at radius 2 is 2.18 bits per heavy atom. The predicted octanol–water partition coefficient (Wildman–Crippen LogP) is 0.209. The lowest BCUT2D eigenvalue weighted by molar-refractivity contribution is -0.122. The Morgan fingerprint density at radius 1 is 1.43 bits per heavy atom. The molecule has 10 nitrogen and oxygen atoms in total. The first-order valence-corrected chi connectivity index (χ1v) is 8.58. The number of ether oxygens (including phenoxy) is 1. The van der Waals surface area contributed by atoms with E-state index in [1.807, 2.05) is 0 Å². The molecule has 0 spiro atoms. The maximum absolute atomic E-state index is 12.3. The molecule has 3 heterocycles. The van der Waals surface area contributed by atoms with Crippen LogP contribution in [0.1, 0.15) is 39.7 Å². The number of hydrogen-bond donors (Lipinski definition) is 3. The van der Waals surface area contributed by atoms with Gasteiger partial charge in [-0.05, 0) is 25.0 Å². The minimum atomic E-state index is -0.645. The number of hydrogen-bond acceptors (Lipinski definition) is 7. The topological polar surface area (TPSA) is 152 Å². The van der Waals surface area contributed by atoms with Gasteiger partial charge in [-0.25, -0.2) is 9.78 Å². The molecule has 0 bridgehead atoms. The maximum Gasteiger partial charge on any atom is 0.349 e. The van der Waals surface area contributed by atoms with E-state index < -0.39 is 11.5 Å². The minimum Gasteiger partial charge on any atom is -0.483 e. The number of H-pyrrole nitrogens is 1. The summed E-state index contributed by atoms with van der Waals surface area (Å²) in [7, 11) is 0. The third kappa shape index (κ3) is 5.61. The number of carbonyl (C=O) groups excluding carboxylic acids is 1. The first-order chi connectivity index (χ1) is 13.5. The molecule has 0 aromatic carbocycles. The van der Waals surface area contributed by atoms with Crippen LogP contribution in [0.5, 0.6) is 0 Å². The number of nitrogens with one attached hydrogen (secondary N) is 2. The summed E-state index contributed by atoms with van der Waals surface area (Å²) in [6.45, 7) is 2.89. The van der Waals surface area contributed by atoms with Crippen LogP contribution in [0.25, 0.3) is 0 Å². The molecule has 1 aliphatic heterocycles. The number of carboxylic acid groups (broad SMARTS) is 1. The largest absolute Gasteiger partial charge is 0.483 e. The monoisotopic (exact) mass is 391 g/mol. The number of nitrogens with zero attached hydrogens (tertiary/aromatic N) is 1. The fourth-order valence-corrected chi connectivity index (χ4v) is 2.80. The Balaban J connectivity index is 0.000000878. The summed E-state index contributed by atoms with van der Waals surface area (Å²) in [5.41, 5.74) is 0.240. The van der Waals surface area contributed by atoms with E-state index >= 15 is 0 Å². The van der Waals surface area contributed by atoms with Crippen LogP contribution in [0, 0.1) is 6.92 Å². The van der Waals surface area contributed by atoms with Crippen LogP contribution in [0.3, 0.4) is 0 Å². The number of amides is 1. The highest BCUT2D eigenvalue weighted by atomic mass is 16.5. The van der Waals surface area contributed by atoms with Gasteiger partial charge in [-0.15, -0.1) is 0 Å². The predicted molar refractivity (Wildman–Crippen MR) is 97.5 cm³/mol. The molecule has 0 saturated carbocycles. The standard InChI is InChI=1S/C17H19N3O5.CH2O2/c1-10-6-13(11-3-5-24-8-11)25-17(23)15(10)16(22)18-4-2-12-7-14(21)20-9-19-12;2-1-3/h6-7,9,11H,2-5,8H2,1H3,(H,18,22)(H,19,20,21);1H,(H,2,3). The van der Waals surface area contributed by atoms with Crippen molar-refractivity contribution in [2.45, 2.75) is 25.7 Å². The Morgan fingerprint density at radius 3 is 2.79 bits per heavy atom. The maximum atomic E-state index is 12.3. The van der Waals surface area contributed by atoms with Crippen molar-refractivity contribution < 1.29 is 23.8 Å². The second-order valence-electron chi connectivity index (χ2n) is 6.07. The van der Waals surface area contributed by atoms with Crippen molar-refractivity contribution in [3.8, 4) is 0 Å². The number of rotatable bonds is 5. The van der Waals surface area contributed by atoms with E-state index in [9.17, 15) is 14.4 Å². The summed E-state index contributed by atoms with van der Waals surface area (Å²) in [6.07, 6.45) is 2.50. The van der Waals surface area contributed by atoms with E-state index in [0.29, 0.717) is 36.7 Å². The van der Waals surface area contributed by atoms with Crippen LogP contribution in [0.4, 0.5) is 0 Å². The highest BCUT2D eigenvalue weighted by Crippen LogP contribution is 2.25. The lowest BCUT2D eigenvalue weighted by Gasteiger charge is -2.10. The average Bonchev–Trinajstić information content (AvgIpc) is 3.16. The quantitative estimate of drug-likeness (QED) is 0.612. The van der Waals surface area contributed by atoms with Crippen molar-refractivity contribution in [3.63, 3.8) is 0 Å². The average molecular weight is 391 g/mol. The summed E-state index contributed by atoms with van der Waals surface area (Å²) in [4.78, 5) is 50.5. The van der Waals surface area contributed by atoms with Crippen molar-refractivity contribution in [2.24, 2.45) is 0 Å². The Labute approximate surface area is 159 Å². The van der Waals surface area contributed by atoms with Gasteiger partial charge in [0.25, 0.3) is 17.9 Å². The van der Waals surface area contributed by atoms with Crippen molar-refractivity contribution in [2.75, 3.05) is 19.8 Å². The van der Waals surface area contributed by atoms with Crippen molar-refractivity contribution in [1.29, 1.82) is 0 Å². The first-order valence-electron chi connectivity index (χ1n) is 8.58. The molecule has 1 atom stereocenters. The Kier molecular flexibility index (Phi) is 7.64. The van der Waals surface area contributed by atoms with Gasteiger partial charge in [0.2, 0.25) is 0 Å². The van der Waals surface area contributed by atoms with Crippen LogP contribution >= 0.6 is 0 Å². The van der Waals surface area contributed by atoms with E-state index in [1.165, 1.54) is 12.4 Å². The van der Waals surface area contributed by atoms with E-state index in [4.69, 9.17) is 19.1 Å². The molecule has 3 rings (SSSR count). The second-order valence-corrected chi connectivity index (χ2v) is 6.07. The molecule has 150 valence electrons. The zero-order valence-electron chi connectivity index (χ0n) is 15.3. The Hall–Kier alpha value is -3.27. The van der Waals surface area contributed by atoms with Gasteiger partial charge in [0, 0.05) is 37.3 Å². The fourth-order valence-electron chi connectivity index (χ4n) is 2.80. The molecule has 28 heavy (non-hydrogen) atoms. The van der Waals surface area contributed by atoms with E-state index in [1.54, 1.807) is 13.0 Å². The number of aromatic nitrogens is 2. The van der Waals surface area contributed by atoms with Crippen LogP contribution < -0.4 is 16.5 Å². The molecule has 2 aromatic rings. The van der Waals surface area contributed by atoms with Crippen LogP contribution in [0.2, 0.25) is 0 Å². The fraction of sp³-hybridized carbons (Fsp3) is 0.389. The third-order valence-corrected chi connectivity index (χ3v) is 4.13. The normalized spacial score (nSPS) is 15.4. The van der Waals surface area contributed by atoms with Crippen molar-refractivity contribution in [3.05, 3.63) is 61.8 Å². The lowest BCUT2D eigenvalue weighted by Crippen LogP contribution is -2.31. The van der Waals surface area contributed by atoms with Crippen LogP contribution in [-0.2, 0) is 16.0 Å².